The minimum absolute atomic E-state index is 0.790. The third-order valence-corrected chi connectivity index (χ3v) is 5.17. The van der Waals surface area contributed by atoms with E-state index in [1.807, 2.05) is 18.2 Å². The van der Waals surface area contributed by atoms with E-state index >= 15 is 0 Å². The van der Waals surface area contributed by atoms with Gasteiger partial charge in [-0.15, -0.1) is 0 Å². The quantitative estimate of drug-likeness (QED) is 0.392. The molecule has 4 rings (SSSR count). The summed E-state index contributed by atoms with van der Waals surface area (Å²) in [7, 11) is 1.72. The van der Waals surface area contributed by atoms with Gasteiger partial charge in [0.25, 0.3) is 0 Å². The lowest BCUT2D eigenvalue weighted by atomic mass is 10.1. The smallest absolute Gasteiger partial charge is 0.414 e. The van der Waals surface area contributed by atoms with Crippen molar-refractivity contribution < 1.29 is 24.5 Å². The molecule has 0 saturated heterocycles. The zero-order valence-corrected chi connectivity index (χ0v) is 18.0. The molecule has 7 heteroatoms. The van der Waals surface area contributed by atoms with Gasteiger partial charge >= 0.3 is 11.9 Å². The molecule has 0 aliphatic rings. The van der Waals surface area contributed by atoms with Gasteiger partial charge in [0.2, 0.25) is 0 Å². The van der Waals surface area contributed by atoms with E-state index in [-0.39, 0.29) is 0 Å². The second kappa shape index (κ2) is 10.5. The van der Waals surface area contributed by atoms with Crippen LogP contribution in [0, 0.1) is 0 Å². The molecule has 166 valence electrons. The van der Waals surface area contributed by atoms with Gasteiger partial charge in [-0.1, -0.05) is 42.5 Å². The van der Waals surface area contributed by atoms with Crippen molar-refractivity contribution >= 4 is 33.7 Å². The minimum Gasteiger partial charge on any atom is -0.496 e. The Bertz CT molecular complexity index is 1230. The summed E-state index contributed by atoms with van der Waals surface area (Å²) in [6.45, 7) is 4.81. The third kappa shape index (κ3) is 5.07. The van der Waals surface area contributed by atoms with Crippen molar-refractivity contribution in [3.05, 3.63) is 77.9 Å². The van der Waals surface area contributed by atoms with Crippen LogP contribution in [-0.2, 0) is 29.2 Å². The predicted molar refractivity (Wildman–Crippen MR) is 124 cm³/mol. The molecule has 0 spiro atoms. The summed E-state index contributed by atoms with van der Waals surface area (Å²) in [6.07, 6.45) is 0. The number of hydrogen-bond donors (Lipinski definition) is 3. The number of carbonyl (C=O) groups is 2. The van der Waals surface area contributed by atoms with Gasteiger partial charge in [-0.3, -0.25) is 0 Å². The van der Waals surface area contributed by atoms with Gasteiger partial charge in [0, 0.05) is 47.0 Å². The molecule has 4 aromatic rings. The Morgan fingerprint density at radius 2 is 1.53 bits per heavy atom. The number of hydrogen-bond acceptors (Lipinski definition) is 4. The van der Waals surface area contributed by atoms with Gasteiger partial charge in [0.15, 0.2) is 0 Å². The lowest BCUT2D eigenvalue weighted by Gasteiger charge is -2.10. The molecule has 1 heterocycles. The standard InChI is InChI=1S/C23H24N2O.C2H2O4/c1-3-25-21-10-6-5-9-19(21)20-14-17(12-13-22(20)25)15-24-16-18-8-4-7-11-23(18)26-2;3-1(4)2(5)6/h4-14,24H,3,15-16H2,1-2H3;(H,3,4)(H,5,6). The van der Waals surface area contributed by atoms with Crippen molar-refractivity contribution in [3.63, 3.8) is 0 Å². The fourth-order valence-electron chi connectivity index (χ4n) is 3.74. The Morgan fingerprint density at radius 1 is 0.875 bits per heavy atom. The molecule has 3 N–H and O–H groups in total. The zero-order chi connectivity index (χ0) is 23.1. The molecule has 0 bridgehead atoms. The molecule has 0 saturated carbocycles. The van der Waals surface area contributed by atoms with Crippen molar-refractivity contribution in [1.82, 2.24) is 9.88 Å². The Balaban J connectivity index is 0.000000427. The number of para-hydroxylation sites is 2. The number of ether oxygens (including phenoxy) is 1. The summed E-state index contributed by atoms with van der Waals surface area (Å²) in [5.74, 6) is -2.72. The number of aryl methyl sites for hydroxylation is 1. The monoisotopic (exact) mass is 434 g/mol. The first kappa shape index (κ1) is 22.8. The van der Waals surface area contributed by atoms with E-state index in [1.54, 1.807) is 7.11 Å². The highest BCUT2D eigenvalue weighted by Gasteiger charge is 2.09. The van der Waals surface area contributed by atoms with Gasteiger partial charge in [-0.25, -0.2) is 9.59 Å². The molecule has 1 aromatic heterocycles. The molecule has 0 unspecified atom stereocenters. The van der Waals surface area contributed by atoms with Crippen molar-refractivity contribution in [2.24, 2.45) is 0 Å². The predicted octanol–water partition coefficient (Wildman–Crippen LogP) is 4.27. The van der Waals surface area contributed by atoms with Gasteiger partial charge in [-0.05, 0) is 36.8 Å². The topological polar surface area (TPSA) is 101 Å². The first-order valence-electron chi connectivity index (χ1n) is 10.2. The SMILES string of the molecule is CCn1c2ccccc2c2cc(CNCc3ccccc3OC)ccc21.O=C(O)C(=O)O. The number of nitrogens with zero attached hydrogens (tertiary/aromatic N) is 1. The van der Waals surface area contributed by atoms with Crippen molar-refractivity contribution in [1.29, 1.82) is 0 Å². The van der Waals surface area contributed by atoms with E-state index in [0.717, 1.165) is 25.4 Å². The van der Waals surface area contributed by atoms with Crippen LogP contribution in [0.3, 0.4) is 0 Å². The van der Waals surface area contributed by atoms with Gasteiger partial charge in [0.05, 0.1) is 7.11 Å². The second-order valence-corrected chi connectivity index (χ2v) is 7.14. The van der Waals surface area contributed by atoms with Crippen LogP contribution in [0.15, 0.2) is 66.7 Å². The maximum absolute atomic E-state index is 9.10. The van der Waals surface area contributed by atoms with E-state index in [0.29, 0.717) is 0 Å². The number of aromatic nitrogens is 1. The van der Waals surface area contributed by atoms with Crippen LogP contribution in [0.2, 0.25) is 0 Å². The maximum atomic E-state index is 9.10. The molecule has 0 fully saturated rings. The number of methoxy groups -OCH3 is 1. The molecule has 0 aliphatic carbocycles. The van der Waals surface area contributed by atoms with E-state index in [1.165, 1.54) is 32.9 Å². The van der Waals surface area contributed by atoms with Gasteiger partial charge < -0.3 is 24.8 Å². The number of carboxylic acid groups (broad SMARTS) is 2. The van der Waals surface area contributed by atoms with Crippen LogP contribution in [0.5, 0.6) is 5.75 Å². The molecule has 0 amide bonds. The summed E-state index contributed by atoms with van der Waals surface area (Å²) >= 11 is 0. The molecule has 0 atom stereocenters. The molecular formula is C25H26N2O5. The van der Waals surface area contributed by atoms with Crippen molar-refractivity contribution in [2.45, 2.75) is 26.6 Å². The Labute approximate surface area is 185 Å². The van der Waals surface area contributed by atoms with E-state index in [9.17, 15) is 0 Å². The number of benzene rings is 3. The normalized spacial score (nSPS) is 10.6. The fraction of sp³-hybridized carbons (Fsp3) is 0.200. The highest BCUT2D eigenvalue weighted by Crippen LogP contribution is 2.29. The highest BCUT2D eigenvalue weighted by atomic mass is 16.5. The lowest BCUT2D eigenvalue weighted by molar-refractivity contribution is -0.159. The minimum atomic E-state index is -1.82. The summed E-state index contributed by atoms with van der Waals surface area (Å²) in [6, 6.07) is 23.6. The number of nitrogens with one attached hydrogen (secondary N) is 1. The van der Waals surface area contributed by atoms with Crippen LogP contribution in [-0.4, -0.2) is 33.8 Å². The Kier molecular flexibility index (Phi) is 7.46. The van der Waals surface area contributed by atoms with Crippen LogP contribution in [0.4, 0.5) is 0 Å². The Hall–Kier alpha value is -3.84. The average Bonchev–Trinajstić information content (AvgIpc) is 3.13. The summed E-state index contributed by atoms with van der Waals surface area (Å²) in [5.41, 5.74) is 5.09. The summed E-state index contributed by atoms with van der Waals surface area (Å²) in [5, 5.41) is 21.0. The largest absolute Gasteiger partial charge is 0.496 e. The van der Waals surface area contributed by atoms with E-state index in [4.69, 9.17) is 24.5 Å². The average molecular weight is 434 g/mol. The first-order chi connectivity index (χ1) is 15.5. The van der Waals surface area contributed by atoms with Gasteiger partial charge in [0.1, 0.15) is 5.75 Å². The first-order valence-corrected chi connectivity index (χ1v) is 10.2. The molecule has 7 nitrogen and oxygen atoms in total. The molecule has 0 aliphatic heterocycles. The fourth-order valence-corrected chi connectivity index (χ4v) is 3.74. The maximum Gasteiger partial charge on any atom is 0.414 e. The molecule has 32 heavy (non-hydrogen) atoms. The van der Waals surface area contributed by atoms with E-state index < -0.39 is 11.9 Å². The van der Waals surface area contributed by atoms with Gasteiger partial charge in [-0.2, -0.15) is 0 Å². The molecule has 0 radical (unpaired) electrons. The highest BCUT2D eigenvalue weighted by molar-refractivity contribution is 6.27. The lowest BCUT2D eigenvalue weighted by Crippen LogP contribution is -2.13. The second-order valence-electron chi connectivity index (χ2n) is 7.14. The molecular weight excluding hydrogens is 408 g/mol. The summed E-state index contributed by atoms with van der Waals surface area (Å²) < 4.78 is 7.81. The van der Waals surface area contributed by atoms with Crippen LogP contribution >= 0.6 is 0 Å². The number of fused-ring (bicyclic) bond motifs is 3. The van der Waals surface area contributed by atoms with Crippen molar-refractivity contribution in [3.8, 4) is 5.75 Å². The number of aliphatic carboxylic acids is 2. The van der Waals surface area contributed by atoms with Crippen LogP contribution < -0.4 is 10.1 Å². The van der Waals surface area contributed by atoms with Crippen LogP contribution in [0.25, 0.3) is 21.8 Å². The van der Waals surface area contributed by atoms with Crippen molar-refractivity contribution in [2.75, 3.05) is 7.11 Å². The third-order valence-electron chi connectivity index (χ3n) is 5.17. The molecule has 3 aromatic carbocycles. The summed E-state index contributed by atoms with van der Waals surface area (Å²) in [4.78, 5) is 18.2. The number of carboxylic acids is 2. The van der Waals surface area contributed by atoms with Crippen LogP contribution in [0.1, 0.15) is 18.1 Å². The van der Waals surface area contributed by atoms with E-state index in [2.05, 4.69) is 65.3 Å². The number of rotatable bonds is 6. The Morgan fingerprint density at radius 3 is 2.22 bits per heavy atom. The zero-order valence-electron chi connectivity index (χ0n) is 18.0.